The Hall–Kier alpha value is -2.36. The number of H-pyrrole nitrogens is 1. The number of rotatable bonds is 3. The first kappa shape index (κ1) is 12.1. The van der Waals surface area contributed by atoms with Crippen LogP contribution in [0.2, 0.25) is 0 Å². The van der Waals surface area contributed by atoms with E-state index in [9.17, 15) is 4.79 Å². The molecule has 2 rings (SSSR count). The molecule has 0 saturated heterocycles. The molecule has 0 aliphatic carbocycles. The zero-order chi connectivity index (χ0) is 13.0. The summed E-state index contributed by atoms with van der Waals surface area (Å²) in [5.41, 5.74) is 2.35. The number of aromatic amines is 1. The molecular weight excluding hydrogens is 228 g/mol. The normalized spacial score (nSPS) is 10.8. The molecule has 1 aromatic heterocycles. The number of nitrogens with one attached hydrogen (secondary N) is 1. The fourth-order valence-corrected chi connectivity index (χ4v) is 1.65. The molecule has 0 saturated carbocycles. The van der Waals surface area contributed by atoms with Crippen LogP contribution in [-0.4, -0.2) is 17.3 Å². The number of ether oxygens (including phenoxy) is 1. The van der Waals surface area contributed by atoms with Crippen LogP contribution in [-0.2, 0) is 0 Å². The maximum absolute atomic E-state index is 11.1. The van der Waals surface area contributed by atoms with E-state index in [2.05, 4.69) is 10.2 Å². The molecule has 0 unspecified atom stereocenters. The van der Waals surface area contributed by atoms with E-state index in [1.54, 1.807) is 7.11 Å². The molecule has 1 heterocycles. The van der Waals surface area contributed by atoms with Gasteiger partial charge in [0.25, 0.3) is 5.56 Å². The van der Waals surface area contributed by atoms with E-state index in [-0.39, 0.29) is 5.56 Å². The largest absolute Gasteiger partial charge is 0.496 e. The highest BCUT2D eigenvalue weighted by molar-refractivity contribution is 5.72. The standard InChI is InChI=1S/C14H14N2O2/c1-10-9-14(17)16-15-12(10)8-7-11-5-3-4-6-13(11)18-2/h3-9H,1-2H3,(H,16,17). The molecule has 4 heteroatoms. The van der Waals surface area contributed by atoms with Crippen molar-refractivity contribution in [3.8, 4) is 5.75 Å². The van der Waals surface area contributed by atoms with Crippen LogP contribution >= 0.6 is 0 Å². The summed E-state index contributed by atoms with van der Waals surface area (Å²) in [6, 6.07) is 9.23. The fourth-order valence-electron chi connectivity index (χ4n) is 1.65. The van der Waals surface area contributed by atoms with Crippen LogP contribution in [0.25, 0.3) is 12.2 Å². The van der Waals surface area contributed by atoms with Crippen LogP contribution in [0.5, 0.6) is 5.75 Å². The van der Waals surface area contributed by atoms with Crippen LogP contribution in [0.15, 0.2) is 35.1 Å². The number of methoxy groups -OCH3 is 1. The highest BCUT2D eigenvalue weighted by atomic mass is 16.5. The monoisotopic (exact) mass is 242 g/mol. The van der Waals surface area contributed by atoms with Crippen LogP contribution in [0.4, 0.5) is 0 Å². The third-order valence-electron chi connectivity index (χ3n) is 2.60. The first-order valence-corrected chi connectivity index (χ1v) is 5.58. The maximum atomic E-state index is 11.1. The van der Waals surface area contributed by atoms with Crippen molar-refractivity contribution < 1.29 is 4.74 Å². The van der Waals surface area contributed by atoms with Gasteiger partial charge in [0, 0.05) is 11.6 Å². The van der Waals surface area contributed by atoms with Gasteiger partial charge in [-0.15, -0.1) is 0 Å². The molecule has 0 radical (unpaired) electrons. The predicted molar refractivity (Wildman–Crippen MR) is 71.5 cm³/mol. The Balaban J connectivity index is 2.33. The maximum Gasteiger partial charge on any atom is 0.264 e. The van der Waals surface area contributed by atoms with Gasteiger partial charge in [-0.05, 0) is 30.7 Å². The Labute approximate surface area is 105 Å². The third kappa shape index (κ3) is 2.66. The Morgan fingerprint density at radius 3 is 2.78 bits per heavy atom. The van der Waals surface area contributed by atoms with Crippen molar-refractivity contribution in [1.82, 2.24) is 10.2 Å². The summed E-state index contributed by atoms with van der Waals surface area (Å²) in [4.78, 5) is 11.1. The van der Waals surface area contributed by atoms with Crippen LogP contribution < -0.4 is 10.3 Å². The van der Waals surface area contributed by atoms with Crippen molar-refractivity contribution in [2.75, 3.05) is 7.11 Å². The van der Waals surface area contributed by atoms with Crippen molar-refractivity contribution in [3.05, 3.63) is 57.5 Å². The second-order valence-electron chi connectivity index (χ2n) is 3.88. The first-order chi connectivity index (χ1) is 8.70. The lowest BCUT2D eigenvalue weighted by Crippen LogP contribution is -2.08. The molecule has 0 fully saturated rings. The predicted octanol–water partition coefficient (Wildman–Crippen LogP) is 2.26. The molecule has 1 N–H and O–H groups in total. The summed E-state index contributed by atoms with van der Waals surface area (Å²) in [6.45, 7) is 1.85. The Morgan fingerprint density at radius 1 is 1.28 bits per heavy atom. The van der Waals surface area contributed by atoms with Gasteiger partial charge in [-0.25, -0.2) is 5.10 Å². The summed E-state index contributed by atoms with van der Waals surface area (Å²) >= 11 is 0. The summed E-state index contributed by atoms with van der Waals surface area (Å²) < 4.78 is 5.25. The van der Waals surface area contributed by atoms with Crippen molar-refractivity contribution in [2.45, 2.75) is 6.92 Å². The number of nitrogens with zero attached hydrogens (tertiary/aromatic N) is 1. The van der Waals surface area contributed by atoms with Crippen molar-refractivity contribution >= 4 is 12.2 Å². The molecule has 0 bridgehead atoms. The van der Waals surface area contributed by atoms with Gasteiger partial charge in [-0.1, -0.05) is 18.2 Å². The zero-order valence-electron chi connectivity index (χ0n) is 10.3. The van der Waals surface area contributed by atoms with Crippen molar-refractivity contribution in [1.29, 1.82) is 0 Å². The molecule has 92 valence electrons. The fraction of sp³-hybridized carbons (Fsp3) is 0.143. The number of hydrogen-bond donors (Lipinski definition) is 1. The number of aryl methyl sites for hydroxylation is 1. The Kier molecular flexibility index (Phi) is 3.57. The lowest BCUT2D eigenvalue weighted by atomic mass is 10.1. The zero-order valence-corrected chi connectivity index (χ0v) is 10.3. The van der Waals surface area contributed by atoms with E-state index in [0.717, 1.165) is 22.6 Å². The van der Waals surface area contributed by atoms with Crippen LogP contribution in [0.3, 0.4) is 0 Å². The smallest absolute Gasteiger partial charge is 0.264 e. The number of benzene rings is 1. The van der Waals surface area contributed by atoms with E-state index in [1.807, 2.05) is 43.3 Å². The topological polar surface area (TPSA) is 55.0 Å². The van der Waals surface area contributed by atoms with E-state index in [1.165, 1.54) is 6.07 Å². The molecule has 1 aromatic carbocycles. The number of aromatic nitrogens is 2. The van der Waals surface area contributed by atoms with E-state index in [0.29, 0.717) is 0 Å². The lowest BCUT2D eigenvalue weighted by molar-refractivity contribution is 0.414. The minimum atomic E-state index is -0.193. The van der Waals surface area contributed by atoms with Gasteiger partial charge >= 0.3 is 0 Å². The molecule has 2 aromatic rings. The lowest BCUT2D eigenvalue weighted by Gasteiger charge is -2.03. The van der Waals surface area contributed by atoms with Crippen LogP contribution in [0.1, 0.15) is 16.8 Å². The quantitative estimate of drug-likeness (QED) is 0.898. The summed E-state index contributed by atoms with van der Waals surface area (Å²) in [6.07, 6.45) is 3.76. The van der Waals surface area contributed by atoms with Crippen LogP contribution in [0, 0.1) is 6.92 Å². The molecule has 0 aliphatic rings. The SMILES string of the molecule is COc1ccccc1C=Cc1n[nH]c(=O)cc1C. The Morgan fingerprint density at radius 2 is 2.06 bits per heavy atom. The highest BCUT2D eigenvalue weighted by Crippen LogP contribution is 2.19. The van der Waals surface area contributed by atoms with E-state index < -0.39 is 0 Å². The van der Waals surface area contributed by atoms with Crippen molar-refractivity contribution in [3.63, 3.8) is 0 Å². The summed E-state index contributed by atoms with van der Waals surface area (Å²) in [7, 11) is 1.64. The Bertz CT molecular complexity index is 630. The van der Waals surface area contributed by atoms with Gasteiger partial charge in [-0.2, -0.15) is 5.10 Å². The number of hydrogen-bond acceptors (Lipinski definition) is 3. The molecular formula is C14H14N2O2. The second-order valence-corrected chi connectivity index (χ2v) is 3.88. The second kappa shape index (κ2) is 5.31. The molecule has 18 heavy (non-hydrogen) atoms. The highest BCUT2D eigenvalue weighted by Gasteiger charge is 1.99. The van der Waals surface area contributed by atoms with Gasteiger partial charge in [0.1, 0.15) is 5.75 Å². The molecule has 4 nitrogen and oxygen atoms in total. The molecule has 0 spiro atoms. The first-order valence-electron chi connectivity index (χ1n) is 5.58. The van der Waals surface area contributed by atoms with Gasteiger partial charge in [0.15, 0.2) is 0 Å². The van der Waals surface area contributed by atoms with E-state index in [4.69, 9.17) is 4.74 Å². The van der Waals surface area contributed by atoms with Gasteiger partial charge < -0.3 is 4.74 Å². The van der Waals surface area contributed by atoms with Gasteiger partial charge in [0.05, 0.1) is 12.8 Å². The average Bonchev–Trinajstić information content (AvgIpc) is 2.38. The molecule has 0 amide bonds. The summed E-state index contributed by atoms with van der Waals surface area (Å²) in [5, 5.41) is 6.40. The van der Waals surface area contributed by atoms with Gasteiger partial charge in [-0.3, -0.25) is 4.79 Å². The minimum Gasteiger partial charge on any atom is -0.496 e. The minimum absolute atomic E-state index is 0.193. The van der Waals surface area contributed by atoms with Gasteiger partial charge in [0.2, 0.25) is 0 Å². The summed E-state index contributed by atoms with van der Waals surface area (Å²) in [5.74, 6) is 0.802. The molecule has 0 aliphatic heterocycles. The van der Waals surface area contributed by atoms with E-state index >= 15 is 0 Å². The molecule has 0 atom stereocenters. The average molecular weight is 242 g/mol. The third-order valence-corrected chi connectivity index (χ3v) is 2.60. The van der Waals surface area contributed by atoms with Crippen molar-refractivity contribution in [2.24, 2.45) is 0 Å². The number of para-hydroxylation sites is 1.